The van der Waals surface area contributed by atoms with Crippen molar-refractivity contribution in [1.82, 2.24) is 4.90 Å². The van der Waals surface area contributed by atoms with Crippen LogP contribution in [0.3, 0.4) is 0 Å². The van der Waals surface area contributed by atoms with Gasteiger partial charge in [-0.3, -0.25) is 0 Å². The molecular weight excluding hydrogens is 344 g/mol. The number of hydrogen-bond acceptors (Lipinski definition) is 2. The Hall–Kier alpha value is -2.88. The first kappa shape index (κ1) is 20.4. The Kier molecular flexibility index (Phi) is 6.94. The average molecular weight is 369 g/mol. The number of allylic oxidation sites excluding steroid dienone is 3. The first-order valence-electron chi connectivity index (χ1n) is 9.04. The fraction of sp³-hybridized carbons (Fsp3) is 0.217. The third-order valence-corrected chi connectivity index (χ3v) is 4.20. The summed E-state index contributed by atoms with van der Waals surface area (Å²) in [5.74, 6) is -1.18. The highest BCUT2D eigenvalue weighted by atomic mass is 19.1. The van der Waals surface area contributed by atoms with Gasteiger partial charge in [-0.05, 0) is 18.6 Å². The lowest BCUT2D eigenvalue weighted by molar-refractivity contribution is 0.405. The van der Waals surface area contributed by atoms with E-state index in [-0.39, 0.29) is 11.3 Å². The van der Waals surface area contributed by atoms with Crippen molar-refractivity contribution in [3.8, 4) is 5.75 Å². The van der Waals surface area contributed by atoms with Crippen molar-refractivity contribution < 1.29 is 13.5 Å². The molecule has 0 radical (unpaired) electrons. The van der Waals surface area contributed by atoms with E-state index in [0.29, 0.717) is 17.9 Å². The van der Waals surface area contributed by atoms with Crippen LogP contribution in [0.2, 0.25) is 0 Å². The number of hydrogen-bond donors (Lipinski definition) is 0. The van der Waals surface area contributed by atoms with Gasteiger partial charge in [0.2, 0.25) is 0 Å². The van der Waals surface area contributed by atoms with Gasteiger partial charge in [-0.15, -0.1) is 0 Å². The minimum Gasteiger partial charge on any atom is -0.497 e. The van der Waals surface area contributed by atoms with E-state index in [1.807, 2.05) is 68.2 Å². The molecule has 1 heterocycles. The van der Waals surface area contributed by atoms with Crippen molar-refractivity contribution in [3.63, 3.8) is 0 Å². The standard InChI is InChI=1S/C21H19F2NO.C2H6/c1-4-24-14(2)10-11-17(15-8-6-5-7-9-15)21(24)20-18(22)12-16(25-3)13-19(20)23;1-2/h5-13H,2,4H2,1,3H3;1-2H3. The Balaban J connectivity index is 0.00000126. The molecule has 2 aromatic rings. The smallest absolute Gasteiger partial charge is 0.139 e. The van der Waals surface area contributed by atoms with Crippen molar-refractivity contribution in [1.29, 1.82) is 0 Å². The molecule has 0 amide bonds. The molecule has 142 valence electrons. The molecule has 3 rings (SSSR count). The zero-order chi connectivity index (χ0) is 20.0. The van der Waals surface area contributed by atoms with Crippen LogP contribution in [-0.4, -0.2) is 18.6 Å². The second-order valence-electron chi connectivity index (χ2n) is 5.66. The van der Waals surface area contributed by atoms with E-state index in [1.165, 1.54) is 19.2 Å². The average Bonchev–Trinajstić information content (AvgIpc) is 2.70. The van der Waals surface area contributed by atoms with Crippen LogP contribution >= 0.6 is 0 Å². The maximum Gasteiger partial charge on any atom is 0.139 e. The number of likely N-dealkylation sites (N-methyl/N-ethyl adjacent to an activating group) is 1. The second-order valence-corrected chi connectivity index (χ2v) is 5.66. The zero-order valence-electron chi connectivity index (χ0n) is 16.2. The summed E-state index contributed by atoms with van der Waals surface area (Å²) in [7, 11) is 1.38. The molecule has 0 aromatic heterocycles. The van der Waals surface area contributed by atoms with Gasteiger partial charge in [0, 0.05) is 29.9 Å². The fourth-order valence-corrected chi connectivity index (χ4v) is 3.01. The lowest BCUT2D eigenvalue weighted by Gasteiger charge is -2.32. The predicted molar refractivity (Wildman–Crippen MR) is 108 cm³/mol. The molecule has 2 nitrogen and oxygen atoms in total. The third-order valence-electron chi connectivity index (χ3n) is 4.20. The van der Waals surface area contributed by atoms with Gasteiger partial charge >= 0.3 is 0 Å². The maximum atomic E-state index is 14.8. The van der Waals surface area contributed by atoms with Gasteiger partial charge in [-0.1, -0.05) is 56.8 Å². The van der Waals surface area contributed by atoms with Crippen molar-refractivity contribution in [2.45, 2.75) is 20.8 Å². The molecule has 0 fully saturated rings. The molecule has 2 aromatic carbocycles. The lowest BCUT2D eigenvalue weighted by Crippen LogP contribution is -2.24. The second kappa shape index (κ2) is 9.17. The Morgan fingerprint density at radius 1 is 1.00 bits per heavy atom. The van der Waals surface area contributed by atoms with Gasteiger partial charge in [0.25, 0.3) is 0 Å². The molecule has 27 heavy (non-hydrogen) atoms. The van der Waals surface area contributed by atoms with Crippen LogP contribution in [0.1, 0.15) is 31.9 Å². The van der Waals surface area contributed by atoms with E-state index >= 15 is 0 Å². The van der Waals surface area contributed by atoms with Crippen molar-refractivity contribution in [2.24, 2.45) is 0 Å². The summed E-state index contributed by atoms with van der Waals surface area (Å²) in [6.45, 7) is 10.5. The molecule has 0 aliphatic carbocycles. The molecule has 0 saturated heterocycles. The van der Waals surface area contributed by atoms with E-state index in [2.05, 4.69) is 6.58 Å². The van der Waals surface area contributed by atoms with Crippen LogP contribution < -0.4 is 4.74 Å². The van der Waals surface area contributed by atoms with E-state index in [0.717, 1.165) is 11.1 Å². The first-order valence-corrected chi connectivity index (χ1v) is 9.04. The minimum absolute atomic E-state index is 0.0768. The van der Waals surface area contributed by atoms with Crippen LogP contribution in [-0.2, 0) is 0 Å². The summed E-state index contributed by atoms with van der Waals surface area (Å²) in [5, 5.41) is 0. The number of methoxy groups -OCH3 is 1. The summed E-state index contributed by atoms with van der Waals surface area (Å²) in [5.41, 5.74) is 2.71. The molecule has 0 N–H and O–H groups in total. The van der Waals surface area contributed by atoms with Gasteiger partial charge in [0.05, 0.1) is 18.4 Å². The summed E-state index contributed by atoms with van der Waals surface area (Å²) >= 11 is 0. The number of halogens is 2. The van der Waals surface area contributed by atoms with E-state index in [1.54, 1.807) is 0 Å². The van der Waals surface area contributed by atoms with Gasteiger partial charge in [0.1, 0.15) is 17.4 Å². The lowest BCUT2D eigenvalue weighted by atomic mass is 9.94. The third kappa shape index (κ3) is 4.11. The van der Waals surface area contributed by atoms with Crippen LogP contribution in [0.5, 0.6) is 5.75 Å². The Labute approximate surface area is 160 Å². The Morgan fingerprint density at radius 2 is 1.59 bits per heavy atom. The molecule has 0 saturated carbocycles. The summed E-state index contributed by atoms with van der Waals surface area (Å²) in [6.07, 6.45) is 3.71. The van der Waals surface area contributed by atoms with E-state index in [9.17, 15) is 8.78 Å². The summed E-state index contributed by atoms with van der Waals surface area (Å²) in [4.78, 5) is 1.82. The Morgan fingerprint density at radius 3 is 2.11 bits per heavy atom. The molecule has 0 bridgehead atoms. The maximum absolute atomic E-state index is 14.8. The van der Waals surface area contributed by atoms with Crippen LogP contribution in [0, 0.1) is 11.6 Å². The molecule has 4 heteroatoms. The highest BCUT2D eigenvalue weighted by molar-refractivity contribution is 5.97. The normalized spacial score (nSPS) is 13.4. The number of nitrogens with zero attached hydrogens (tertiary/aromatic N) is 1. The van der Waals surface area contributed by atoms with Crippen LogP contribution in [0.25, 0.3) is 11.3 Å². The van der Waals surface area contributed by atoms with Crippen molar-refractivity contribution >= 4 is 11.3 Å². The fourth-order valence-electron chi connectivity index (χ4n) is 3.01. The van der Waals surface area contributed by atoms with E-state index in [4.69, 9.17) is 4.74 Å². The SMILES string of the molecule is C=C1C=CC(c2ccccc2)=C(c2c(F)cc(OC)cc2F)N1CC.CC. The van der Waals surface area contributed by atoms with E-state index < -0.39 is 11.6 Å². The highest BCUT2D eigenvalue weighted by Crippen LogP contribution is 2.39. The van der Waals surface area contributed by atoms with Crippen molar-refractivity contribution in [2.75, 3.05) is 13.7 Å². The molecule has 0 atom stereocenters. The molecule has 0 unspecified atom stereocenters. The molecule has 1 aliphatic heterocycles. The number of benzene rings is 2. The largest absolute Gasteiger partial charge is 0.497 e. The number of ether oxygens (including phenoxy) is 1. The monoisotopic (exact) mass is 369 g/mol. The number of rotatable bonds is 4. The summed E-state index contributed by atoms with van der Waals surface area (Å²) < 4.78 is 34.5. The molecular formula is C23H25F2NO. The summed E-state index contributed by atoms with van der Waals surface area (Å²) in [6, 6.07) is 11.9. The van der Waals surface area contributed by atoms with Gasteiger partial charge in [-0.2, -0.15) is 0 Å². The van der Waals surface area contributed by atoms with Crippen LogP contribution in [0.15, 0.2) is 66.9 Å². The van der Waals surface area contributed by atoms with Gasteiger partial charge < -0.3 is 9.64 Å². The predicted octanol–water partition coefficient (Wildman–Crippen LogP) is 6.27. The topological polar surface area (TPSA) is 12.5 Å². The van der Waals surface area contributed by atoms with Gasteiger partial charge in [-0.25, -0.2) is 8.78 Å². The highest BCUT2D eigenvalue weighted by Gasteiger charge is 2.26. The first-order chi connectivity index (χ1) is 13.1. The zero-order valence-corrected chi connectivity index (χ0v) is 16.2. The Bertz CT molecular complexity index is 846. The quantitative estimate of drug-likeness (QED) is 0.629. The van der Waals surface area contributed by atoms with Gasteiger partial charge in [0.15, 0.2) is 0 Å². The molecule has 1 aliphatic rings. The van der Waals surface area contributed by atoms with Crippen LogP contribution in [0.4, 0.5) is 8.78 Å². The minimum atomic E-state index is -0.665. The van der Waals surface area contributed by atoms with Crippen molar-refractivity contribution in [3.05, 3.63) is 89.7 Å². The molecule has 0 spiro atoms.